The Kier molecular flexibility index (Phi) is 4.88. The minimum Gasteiger partial charge on any atom is -0.481 e. The maximum Gasteiger partial charge on any atom is 0.307 e. The Hall–Kier alpha value is -1.87. The number of tetrazole rings is 1. The van der Waals surface area contributed by atoms with Gasteiger partial charge in [0.15, 0.2) is 9.74 Å². The van der Waals surface area contributed by atoms with E-state index < -0.39 is 23.2 Å². The van der Waals surface area contributed by atoms with Crippen LogP contribution in [0.25, 0.3) is 10.2 Å². The predicted molar refractivity (Wildman–Crippen MR) is 98.5 cm³/mol. The molecule has 9 heteroatoms. The van der Waals surface area contributed by atoms with Crippen molar-refractivity contribution in [2.45, 2.75) is 33.1 Å². The highest BCUT2D eigenvalue weighted by molar-refractivity contribution is 9.11. The summed E-state index contributed by atoms with van der Waals surface area (Å²) in [6.45, 7) is 5.75. The highest BCUT2D eigenvalue weighted by Crippen LogP contribution is 2.40. The molecule has 0 aliphatic heterocycles. The largest absolute Gasteiger partial charge is 0.481 e. The van der Waals surface area contributed by atoms with Crippen molar-refractivity contribution in [2.24, 2.45) is 11.3 Å². The summed E-state index contributed by atoms with van der Waals surface area (Å²) in [5.74, 6) is -1.53. The third kappa shape index (κ3) is 3.72. The van der Waals surface area contributed by atoms with E-state index in [1.807, 2.05) is 39.0 Å². The first-order valence-corrected chi connectivity index (χ1v) is 9.38. The van der Waals surface area contributed by atoms with Gasteiger partial charge in [-0.25, -0.2) is 4.98 Å². The summed E-state index contributed by atoms with van der Waals surface area (Å²) in [5.41, 5.74) is 1.39. The van der Waals surface area contributed by atoms with Crippen molar-refractivity contribution in [1.82, 2.24) is 25.6 Å². The van der Waals surface area contributed by atoms with Gasteiger partial charge in [0, 0.05) is 5.92 Å². The summed E-state index contributed by atoms with van der Waals surface area (Å²) in [5, 5.41) is 24.1. The number of aromatic amines is 1. The standard InChI is InChI=1S/C16H18BrN5O2S/c1-16(2,3)11(14(23)24)9(13-19-21-22-20-13)7-8-5-4-6-10-12(8)18-15(17)25-10/h4-6,9,11H,7H2,1-3H3,(H,23,24)(H,19,20,21,22). The lowest BCUT2D eigenvalue weighted by Gasteiger charge is -2.32. The fraction of sp³-hybridized carbons (Fsp3) is 0.438. The van der Waals surface area contributed by atoms with E-state index in [-0.39, 0.29) is 0 Å². The second kappa shape index (κ2) is 6.80. The van der Waals surface area contributed by atoms with Gasteiger partial charge >= 0.3 is 5.97 Å². The van der Waals surface area contributed by atoms with Crippen molar-refractivity contribution in [3.8, 4) is 0 Å². The van der Waals surface area contributed by atoms with E-state index in [1.165, 1.54) is 0 Å². The molecule has 2 atom stereocenters. The molecule has 0 aliphatic carbocycles. The van der Waals surface area contributed by atoms with Crippen LogP contribution in [0.15, 0.2) is 22.1 Å². The molecule has 7 nitrogen and oxygen atoms in total. The van der Waals surface area contributed by atoms with Crippen LogP contribution >= 0.6 is 27.3 Å². The number of rotatable bonds is 5. The second-order valence-corrected chi connectivity index (χ2v) is 9.30. The van der Waals surface area contributed by atoms with Crippen LogP contribution < -0.4 is 0 Å². The lowest BCUT2D eigenvalue weighted by atomic mass is 9.71. The smallest absolute Gasteiger partial charge is 0.307 e. The third-order valence-electron chi connectivity index (χ3n) is 4.21. The van der Waals surface area contributed by atoms with E-state index in [2.05, 4.69) is 41.5 Å². The number of nitrogens with one attached hydrogen (secondary N) is 1. The summed E-state index contributed by atoms with van der Waals surface area (Å²) in [7, 11) is 0. The van der Waals surface area contributed by atoms with Crippen LogP contribution in [0.5, 0.6) is 0 Å². The van der Waals surface area contributed by atoms with E-state index >= 15 is 0 Å². The molecule has 0 saturated carbocycles. The number of carboxylic acid groups (broad SMARTS) is 1. The van der Waals surface area contributed by atoms with E-state index in [4.69, 9.17) is 0 Å². The molecule has 3 rings (SSSR count). The van der Waals surface area contributed by atoms with Crippen LogP contribution in [0.4, 0.5) is 0 Å². The number of para-hydroxylation sites is 1. The third-order valence-corrected chi connectivity index (χ3v) is 5.68. The Morgan fingerprint density at radius 1 is 1.40 bits per heavy atom. The van der Waals surface area contributed by atoms with Crippen LogP contribution in [0, 0.1) is 11.3 Å². The molecule has 3 aromatic rings. The number of halogens is 1. The average Bonchev–Trinajstić information content (AvgIpc) is 3.13. The molecular weight excluding hydrogens is 406 g/mol. The van der Waals surface area contributed by atoms with Crippen molar-refractivity contribution in [3.05, 3.63) is 33.5 Å². The minimum atomic E-state index is -0.867. The molecule has 2 aromatic heterocycles. The molecule has 0 bridgehead atoms. The summed E-state index contributed by atoms with van der Waals surface area (Å²) in [4.78, 5) is 16.6. The molecule has 132 valence electrons. The van der Waals surface area contributed by atoms with E-state index in [1.54, 1.807) is 11.3 Å². The first-order valence-electron chi connectivity index (χ1n) is 7.77. The lowest BCUT2D eigenvalue weighted by molar-refractivity contribution is -0.146. The van der Waals surface area contributed by atoms with Gasteiger partial charge < -0.3 is 5.11 Å². The summed E-state index contributed by atoms with van der Waals surface area (Å²) < 4.78 is 1.86. The summed E-state index contributed by atoms with van der Waals surface area (Å²) in [6, 6.07) is 5.94. The summed E-state index contributed by atoms with van der Waals surface area (Å²) >= 11 is 4.97. The molecule has 0 fully saturated rings. The Balaban J connectivity index is 2.07. The molecule has 25 heavy (non-hydrogen) atoms. The number of aromatic nitrogens is 5. The fourth-order valence-corrected chi connectivity index (χ4v) is 4.65. The van der Waals surface area contributed by atoms with Crippen LogP contribution in [0.2, 0.25) is 0 Å². The first kappa shape index (κ1) is 17.9. The van der Waals surface area contributed by atoms with Gasteiger partial charge in [-0.05, 0) is 39.4 Å². The lowest BCUT2D eigenvalue weighted by Crippen LogP contribution is -2.35. The predicted octanol–water partition coefficient (Wildman–Crippen LogP) is 3.65. The van der Waals surface area contributed by atoms with Crippen LogP contribution in [0.3, 0.4) is 0 Å². The normalized spacial score (nSPS) is 14.6. The Morgan fingerprint density at radius 2 is 2.16 bits per heavy atom. The van der Waals surface area contributed by atoms with Crippen LogP contribution in [-0.2, 0) is 11.2 Å². The molecular formula is C16H18BrN5O2S. The van der Waals surface area contributed by atoms with Gasteiger partial charge in [0.2, 0.25) is 0 Å². The molecule has 2 unspecified atom stereocenters. The van der Waals surface area contributed by atoms with Crippen LogP contribution in [0.1, 0.15) is 38.1 Å². The number of benzene rings is 1. The van der Waals surface area contributed by atoms with Gasteiger partial charge in [-0.15, -0.1) is 21.5 Å². The fourth-order valence-electron chi connectivity index (χ4n) is 3.21. The van der Waals surface area contributed by atoms with Crippen molar-refractivity contribution < 1.29 is 9.90 Å². The number of hydrogen-bond donors (Lipinski definition) is 2. The zero-order valence-corrected chi connectivity index (χ0v) is 16.4. The van der Waals surface area contributed by atoms with E-state index in [0.29, 0.717) is 12.2 Å². The number of fused-ring (bicyclic) bond motifs is 1. The second-order valence-electron chi connectivity index (χ2n) is 6.99. The molecule has 0 radical (unpaired) electrons. The average molecular weight is 424 g/mol. The van der Waals surface area contributed by atoms with Crippen LogP contribution in [-0.4, -0.2) is 36.7 Å². The Morgan fingerprint density at radius 3 is 2.76 bits per heavy atom. The molecule has 0 amide bonds. The number of thiazole rings is 1. The van der Waals surface area contributed by atoms with Crippen molar-refractivity contribution in [1.29, 1.82) is 0 Å². The summed E-state index contributed by atoms with van der Waals surface area (Å²) in [6.07, 6.45) is 0.473. The number of aliphatic carboxylic acids is 1. The SMILES string of the molecule is CC(C)(C)C(C(=O)O)C(Cc1cccc2sc(Br)nc12)c1nn[nH]n1. The molecule has 2 heterocycles. The van der Waals surface area contributed by atoms with Gasteiger partial charge in [-0.1, -0.05) is 38.1 Å². The van der Waals surface area contributed by atoms with Crippen molar-refractivity contribution in [2.75, 3.05) is 0 Å². The molecule has 1 aromatic carbocycles. The number of hydrogen-bond acceptors (Lipinski definition) is 6. The monoisotopic (exact) mass is 423 g/mol. The van der Waals surface area contributed by atoms with Gasteiger partial charge in [-0.2, -0.15) is 5.21 Å². The molecule has 0 saturated heterocycles. The highest BCUT2D eigenvalue weighted by atomic mass is 79.9. The van der Waals surface area contributed by atoms with Crippen molar-refractivity contribution >= 4 is 43.5 Å². The molecule has 0 spiro atoms. The highest BCUT2D eigenvalue weighted by Gasteiger charge is 2.41. The molecule has 2 N–H and O–H groups in total. The van der Waals surface area contributed by atoms with E-state index in [0.717, 1.165) is 19.7 Å². The van der Waals surface area contributed by atoms with Crippen molar-refractivity contribution in [3.63, 3.8) is 0 Å². The Labute approximate surface area is 157 Å². The number of carboxylic acids is 1. The van der Waals surface area contributed by atoms with Gasteiger partial charge in [0.25, 0.3) is 0 Å². The number of H-pyrrole nitrogens is 1. The van der Waals surface area contributed by atoms with Gasteiger partial charge in [0.05, 0.1) is 16.1 Å². The number of nitrogens with zero attached hydrogens (tertiary/aromatic N) is 4. The molecule has 0 aliphatic rings. The zero-order valence-electron chi connectivity index (χ0n) is 14.0. The Bertz CT molecular complexity index is 888. The number of carbonyl (C=O) groups is 1. The zero-order chi connectivity index (χ0) is 18.2. The maximum atomic E-state index is 12.0. The maximum absolute atomic E-state index is 12.0. The topological polar surface area (TPSA) is 105 Å². The minimum absolute atomic E-state index is 0.411. The first-order chi connectivity index (χ1) is 11.8. The van der Waals surface area contributed by atoms with Gasteiger partial charge in [-0.3, -0.25) is 4.79 Å². The van der Waals surface area contributed by atoms with E-state index in [9.17, 15) is 9.90 Å². The quantitative estimate of drug-likeness (QED) is 0.648. The van der Waals surface area contributed by atoms with Gasteiger partial charge in [0.1, 0.15) is 0 Å².